The number of aromatic amines is 1. The number of hydrogen-bond donors (Lipinski definition) is 0. The summed E-state index contributed by atoms with van der Waals surface area (Å²) in [6.45, 7) is 1.43. The number of nitrogens with zero attached hydrogens (tertiary/aromatic N) is 2. The molecule has 4 bridgehead atoms. The SMILES string of the molecule is CC#N.I[I-]I.c1cc(-c2ccc(-c3cc4ccc3CCc3ccc(cc3-c3ccc(-c5cc[nH+]cc5)cc3)CC4)cc2)ccn1. The van der Waals surface area contributed by atoms with Crippen LogP contribution in [0.25, 0.3) is 44.5 Å². The van der Waals surface area contributed by atoms with Crippen LogP contribution in [-0.4, -0.2) is 4.98 Å². The molecule has 0 amide bonds. The average molecular weight is 937 g/mol. The Morgan fingerprint density at radius 1 is 0.565 bits per heavy atom. The molecule has 0 saturated carbocycles. The standard InChI is InChI=1S/C38H30N2.C2H3N.I3/c1-2-28-4-6-34(38(26-28)36-13-9-30(10-14-36)32-19-23-40-24-20-32)16-15-33-5-3-27(1)25-37(33)35-11-7-29(8-12-35)31-17-21-39-22-18-31;1-2-3;1-3-2/h3-14,17-26H,1-2,15-16H2;1H3;/q;;-1/p+1. The molecule has 0 spiro atoms. The van der Waals surface area contributed by atoms with Gasteiger partial charge in [-0.15, -0.1) is 0 Å². The van der Waals surface area contributed by atoms with Crippen LogP contribution in [0.15, 0.2) is 134 Å². The molecule has 230 valence electrons. The first-order valence-electron chi connectivity index (χ1n) is 15.1. The molecule has 0 saturated heterocycles. The molecule has 0 unspecified atom stereocenters. The zero-order valence-electron chi connectivity index (χ0n) is 25.6. The first-order chi connectivity index (χ1) is 22.6. The number of halogens is 3. The number of pyridine rings is 2. The predicted octanol–water partition coefficient (Wildman–Crippen LogP) is 7.75. The fourth-order valence-corrected chi connectivity index (χ4v) is 5.90. The van der Waals surface area contributed by atoms with Gasteiger partial charge in [0.25, 0.3) is 0 Å². The molecule has 0 radical (unpaired) electrons. The van der Waals surface area contributed by atoms with Crippen LogP contribution in [0.3, 0.4) is 0 Å². The third-order valence-corrected chi connectivity index (χ3v) is 8.17. The molecule has 10 rings (SSSR count). The fraction of sp³-hybridized carbons (Fsp3) is 0.125. The summed E-state index contributed by atoms with van der Waals surface area (Å²) in [6, 6.07) is 42.4. The molecule has 4 aromatic carbocycles. The average Bonchev–Trinajstić information content (AvgIpc) is 3.11. The first kappa shape index (κ1) is 34.2. The maximum atomic E-state index is 7.32. The number of nitrogens with one attached hydrogen (secondary N) is 1. The van der Waals surface area contributed by atoms with Gasteiger partial charge in [-0.25, -0.2) is 4.98 Å². The Kier molecular flexibility index (Phi) is 13.2. The van der Waals surface area contributed by atoms with Gasteiger partial charge in [-0.05, 0) is 105 Å². The maximum absolute atomic E-state index is 7.32. The molecular formula is C40H34I3N3. The number of aromatic nitrogens is 2. The molecule has 6 heteroatoms. The van der Waals surface area contributed by atoms with Crippen molar-refractivity contribution in [1.29, 1.82) is 5.26 Å². The van der Waals surface area contributed by atoms with Crippen molar-refractivity contribution in [1.82, 2.24) is 4.98 Å². The molecule has 46 heavy (non-hydrogen) atoms. The Morgan fingerprint density at radius 2 is 0.935 bits per heavy atom. The number of benzene rings is 4. The van der Waals surface area contributed by atoms with Gasteiger partial charge in [0.05, 0.1) is 6.07 Å². The van der Waals surface area contributed by atoms with Crippen molar-refractivity contribution < 1.29 is 18.2 Å². The van der Waals surface area contributed by atoms with Gasteiger partial charge in [0.1, 0.15) is 0 Å². The molecule has 2 aromatic heterocycles. The van der Waals surface area contributed by atoms with Crippen molar-refractivity contribution in [2.24, 2.45) is 0 Å². The van der Waals surface area contributed by atoms with Crippen molar-refractivity contribution in [2.45, 2.75) is 32.6 Å². The van der Waals surface area contributed by atoms with Crippen LogP contribution in [0, 0.1) is 11.3 Å². The van der Waals surface area contributed by atoms with E-state index in [4.69, 9.17) is 5.26 Å². The third kappa shape index (κ3) is 9.02. The zero-order valence-corrected chi connectivity index (χ0v) is 32.0. The largest absolute Gasteiger partial charge is 0.265 e. The van der Waals surface area contributed by atoms with Gasteiger partial charge in [-0.1, -0.05) is 84.9 Å². The maximum Gasteiger partial charge on any atom is 0.167 e. The summed E-state index contributed by atoms with van der Waals surface area (Å²) in [4.78, 5) is 7.27. The van der Waals surface area contributed by atoms with Crippen LogP contribution in [-0.2, 0) is 25.7 Å². The second-order valence-electron chi connectivity index (χ2n) is 10.9. The van der Waals surface area contributed by atoms with Gasteiger partial charge in [0.2, 0.25) is 0 Å². The Morgan fingerprint density at radius 3 is 1.37 bits per heavy atom. The van der Waals surface area contributed by atoms with Crippen molar-refractivity contribution in [3.63, 3.8) is 0 Å². The van der Waals surface area contributed by atoms with Crippen LogP contribution in [0.4, 0.5) is 0 Å². The number of aryl methyl sites for hydroxylation is 4. The fourth-order valence-electron chi connectivity index (χ4n) is 5.90. The van der Waals surface area contributed by atoms with Gasteiger partial charge in [-0.3, -0.25) is 4.98 Å². The Labute approximate surface area is 302 Å². The summed E-state index contributed by atoms with van der Waals surface area (Å²) in [7, 11) is 0. The Hall–Kier alpha value is -3.14. The van der Waals surface area contributed by atoms with Gasteiger partial charge in [0, 0.05) is 31.5 Å². The van der Waals surface area contributed by atoms with Crippen LogP contribution < -0.4 is 18.2 Å². The molecule has 3 nitrogen and oxygen atoms in total. The molecule has 4 aliphatic rings. The monoisotopic (exact) mass is 937 g/mol. The molecule has 0 aliphatic heterocycles. The second-order valence-corrected chi connectivity index (χ2v) is 27.2. The predicted molar refractivity (Wildman–Crippen MR) is 203 cm³/mol. The van der Waals surface area contributed by atoms with E-state index in [1.54, 1.807) is 6.07 Å². The van der Waals surface area contributed by atoms with Crippen molar-refractivity contribution in [2.75, 3.05) is 0 Å². The van der Waals surface area contributed by atoms with Crippen LogP contribution in [0.1, 0.15) is 29.2 Å². The van der Waals surface area contributed by atoms with E-state index < -0.39 is 0 Å². The van der Waals surface area contributed by atoms with Gasteiger partial charge in [-0.2, -0.15) is 5.26 Å². The summed E-state index contributed by atoms with van der Waals surface area (Å²) in [5.41, 5.74) is 15.8. The molecule has 0 atom stereocenters. The van der Waals surface area contributed by atoms with Crippen LogP contribution in [0.2, 0.25) is 0 Å². The van der Waals surface area contributed by atoms with Gasteiger partial charge in [0.15, 0.2) is 12.4 Å². The number of hydrogen-bond acceptors (Lipinski definition) is 2. The molecule has 1 N–H and O–H groups in total. The van der Waals surface area contributed by atoms with E-state index in [-0.39, 0.29) is 0 Å². The minimum atomic E-state index is 0.530. The Bertz CT molecular complexity index is 1750. The van der Waals surface area contributed by atoms with Crippen LogP contribution >= 0.6 is 37.2 Å². The van der Waals surface area contributed by atoms with Crippen molar-refractivity contribution >= 4 is 37.2 Å². The molecule has 6 aromatic rings. The summed E-state index contributed by atoms with van der Waals surface area (Å²) >= 11 is 5.30. The van der Waals surface area contributed by atoms with E-state index in [9.17, 15) is 0 Å². The third-order valence-electron chi connectivity index (χ3n) is 8.17. The summed E-state index contributed by atoms with van der Waals surface area (Å²) in [6.07, 6.45) is 11.7. The summed E-state index contributed by atoms with van der Waals surface area (Å²) in [5, 5.41) is 7.32. The number of H-pyrrole nitrogens is 1. The Balaban J connectivity index is 0.000000647. The zero-order chi connectivity index (χ0) is 32.1. The minimum Gasteiger partial charge on any atom is -0.265 e. The normalized spacial score (nSPS) is 11.6. The van der Waals surface area contributed by atoms with E-state index in [1.165, 1.54) is 73.7 Å². The number of rotatable bonds is 4. The topological polar surface area (TPSA) is 50.8 Å². The van der Waals surface area contributed by atoms with E-state index in [1.807, 2.05) is 24.8 Å². The van der Waals surface area contributed by atoms with Crippen molar-refractivity contribution in [3.8, 4) is 50.6 Å². The molecule has 2 heterocycles. The van der Waals surface area contributed by atoms with Gasteiger partial charge >= 0.3 is 50.5 Å². The quantitative estimate of drug-likeness (QED) is 0.170. The van der Waals surface area contributed by atoms with Crippen molar-refractivity contribution in [3.05, 3.63) is 156 Å². The van der Waals surface area contributed by atoms with Crippen LogP contribution in [0.5, 0.6) is 0 Å². The molecule has 4 aliphatic carbocycles. The first-order valence-corrected chi connectivity index (χ1v) is 27.7. The molecule has 0 fully saturated rings. The smallest absolute Gasteiger partial charge is 0.167 e. The summed E-state index contributed by atoms with van der Waals surface area (Å²) < 4.78 is 0. The van der Waals surface area contributed by atoms with E-state index in [0.29, 0.717) is 13.3 Å². The number of nitriles is 1. The van der Waals surface area contributed by atoms with E-state index in [0.717, 1.165) is 25.7 Å². The molecular weight excluding hydrogens is 903 g/mol. The van der Waals surface area contributed by atoms with E-state index >= 15 is 0 Å². The second kappa shape index (κ2) is 17.7. The minimum absolute atomic E-state index is 0.530. The van der Waals surface area contributed by atoms with E-state index in [2.05, 4.69) is 156 Å². The van der Waals surface area contributed by atoms with Gasteiger partial charge < -0.3 is 0 Å². The summed E-state index contributed by atoms with van der Waals surface area (Å²) in [5.74, 6) is 0.